The molecule has 0 spiro atoms. The van der Waals surface area contributed by atoms with Crippen molar-refractivity contribution in [2.45, 2.75) is 30.7 Å². The van der Waals surface area contributed by atoms with Crippen molar-refractivity contribution in [2.75, 3.05) is 6.54 Å². The molecule has 0 aliphatic carbocycles. The van der Waals surface area contributed by atoms with Crippen LogP contribution in [0.15, 0.2) is 35.4 Å². The van der Waals surface area contributed by atoms with E-state index in [2.05, 4.69) is 4.98 Å². The first-order valence-electron chi connectivity index (χ1n) is 6.60. The smallest absolute Gasteiger partial charge is 0.243 e. The second kappa shape index (κ2) is 4.71. The van der Waals surface area contributed by atoms with Crippen molar-refractivity contribution in [3.8, 4) is 5.75 Å². The third-order valence-electron chi connectivity index (χ3n) is 3.79. The quantitative estimate of drug-likeness (QED) is 0.920. The zero-order valence-corrected chi connectivity index (χ0v) is 12.0. The van der Waals surface area contributed by atoms with Crippen LogP contribution in [0.25, 0.3) is 10.9 Å². The van der Waals surface area contributed by atoms with Crippen LogP contribution in [0.3, 0.4) is 0 Å². The van der Waals surface area contributed by atoms with Crippen LogP contribution in [0, 0.1) is 0 Å². The van der Waals surface area contributed by atoms with Crippen LogP contribution in [0.4, 0.5) is 0 Å². The van der Waals surface area contributed by atoms with E-state index >= 15 is 0 Å². The molecule has 1 fully saturated rings. The Morgan fingerprint density at radius 1 is 1.35 bits per heavy atom. The number of sulfonamides is 1. The Bertz CT molecular complexity index is 758. The molecule has 1 aliphatic heterocycles. The lowest BCUT2D eigenvalue weighted by Gasteiger charge is -2.21. The highest BCUT2D eigenvalue weighted by Crippen LogP contribution is 2.32. The van der Waals surface area contributed by atoms with Crippen molar-refractivity contribution in [2.24, 2.45) is 0 Å². The Balaban J connectivity index is 2.22. The lowest BCUT2D eigenvalue weighted by Crippen LogP contribution is -2.33. The van der Waals surface area contributed by atoms with Gasteiger partial charge < -0.3 is 5.11 Å². The molecule has 1 unspecified atom stereocenters. The molecule has 0 radical (unpaired) electrons. The summed E-state index contributed by atoms with van der Waals surface area (Å²) in [5.74, 6) is -0.00554. The van der Waals surface area contributed by atoms with Crippen LogP contribution in [0.5, 0.6) is 5.75 Å². The number of phenolic OH excluding ortho intramolecular Hbond substituents is 1. The van der Waals surface area contributed by atoms with E-state index in [1.165, 1.54) is 22.6 Å². The van der Waals surface area contributed by atoms with Gasteiger partial charge in [-0.1, -0.05) is 0 Å². The van der Waals surface area contributed by atoms with E-state index in [0.29, 0.717) is 17.4 Å². The van der Waals surface area contributed by atoms with E-state index in [1.807, 2.05) is 6.92 Å². The third kappa shape index (κ3) is 1.96. The first-order valence-corrected chi connectivity index (χ1v) is 8.04. The molecule has 5 nitrogen and oxygen atoms in total. The van der Waals surface area contributed by atoms with Gasteiger partial charge in [-0.05, 0) is 44.0 Å². The standard InChI is InChI=1S/C14H16N2O3S/c1-10-4-3-9-16(10)20(18,19)13-7-6-12(17)14-11(13)5-2-8-15-14/h2,5-8,10,17H,3-4,9H2,1H3. The number of benzene rings is 1. The van der Waals surface area contributed by atoms with Gasteiger partial charge in [-0.2, -0.15) is 4.31 Å². The Labute approximate surface area is 117 Å². The molecule has 1 aromatic carbocycles. The molecule has 2 aromatic rings. The molecule has 1 N–H and O–H groups in total. The molecule has 1 aromatic heterocycles. The molecule has 0 bridgehead atoms. The molecular weight excluding hydrogens is 276 g/mol. The summed E-state index contributed by atoms with van der Waals surface area (Å²) in [7, 11) is -3.55. The SMILES string of the molecule is CC1CCCN1S(=O)(=O)c1ccc(O)c2ncccc12. The van der Waals surface area contributed by atoms with E-state index in [-0.39, 0.29) is 16.7 Å². The number of aromatic hydroxyl groups is 1. The fourth-order valence-electron chi connectivity index (χ4n) is 2.75. The maximum absolute atomic E-state index is 12.8. The van der Waals surface area contributed by atoms with Gasteiger partial charge in [0.15, 0.2) is 0 Å². The molecule has 1 saturated heterocycles. The second-order valence-corrected chi connectivity index (χ2v) is 6.95. The summed E-state index contributed by atoms with van der Waals surface area (Å²) in [5.41, 5.74) is 0.320. The van der Waals surface area contributed by atoms with Gasteiger partial charge in [0.05, 0.1) is 4.90 Å². The van der Waals surface area contributed by atoms with E-state index in [0.717, 1.165) is 12.8 Å². The van der Waals surface area contributed by atoms with Crippen molar-refractivity contribution in [1.82, 2.24) is 9.29 Å². The summed E-state index contributed by atoms with van der Waals surface area (Å²) >= 11 is 0. The fourth-order valence-corrected chi connectivity index (χ4v) is 4.63. The van der Waals surface area contributed by atoms with Crippen LogP contribution in [0.2, 0.25) is 0 Å². The Morgan fingerprint density at radius 2 is 2.15 bits per heavy atom. The minimum Gasteiger partial charge on any atom is -0.506 e. The largest absolute Gasteiger partial charge is 0.506 e. The summed E-state index contributed by atoms with van der Waals surface area (Å²) in [5, 5.41) is 10.3. The van der Waals surface area contributed by atoms with Crippen LogP contribution < -0.4 is 0 Å². The molecule has 3 rings (SSSR count). The number of aromatic nitrogens is 1. The number of fused-ring (bicyclic) bond motifs is 1. The molecule has 1 atom stereocenters. The first-order chi connectivity index (χ1) is 9.51. The summed E-state index contributed by atoms with van der Waals surface area (Å²) in [6.45, 7) is 2.47. The van der Waals surface area contributed by atoms with Gasteiger partial charge in [0.2, 0.25) is 10.0 Å². The lowest BCUT2D eigenvalue weighted by atomic mass is 10.2. The number of nitrogens with zero attached hydrogens (tertiary/aromatic N) is 2. The second-order valence-electron chi connectivity index (χ2n) is 5.09. The number of phenols is 1. The number of pyridine rings is 1. The number of hydrogen-bond acceptors (Lipinski definition) is 4. The van der Waals surface area contributed by atoms with E-state index in [1.54, 1.807) is 12.1 Å². The van der Waals surface area contributed by atoms with Gasteiger partial charge >= 0.3 is 0 Å². The van der Waals surface area contributed by atoms with Crippen LogP contribution in [-0.2, 0) is 10.0 Å². The summed E-state index contributed by atoms with van der Waals surface area (Å²) in [4.78, 5) is 4.28. The monoisotopic (exact) mass is 292 g/mol. The zero-order chi connectivity index (χ0) is 14.3. The molecule has 0 saturated carbocycles. The predicted molar refractivity (Wildman–Crippen MR) is 76.0 cm³/mol. The molecular formula is C14H16N2O3S. The van der Waals surface area contributed by atoms with Gasteiger partial charge in [0.1, 0.15) is 11.3 Å². The lowest BCUT2D eigenvalue weighted by molar-refractivity contribution is 0.409. The van der Waals surface area contributed by atoms with Crippen LogP contribution >= 0.6 is 0 Å². The van der Waals surface area contributed by atoms with Gasteiger partial charge in [0.25, 0.3) is 0 Å². The van der Waals surface area contributed by atoms with Crippen molar-refractivity contribution in [3.63, 3.8) is 0 Å². The number of rotatable bonds is 2. The fraction of sp³-hybridized carbons (Fsp3) is 0.357. The Morgan fingerprint density at radius 3 is 2.85 bits per heavy atom. The number of hydrogen-bond donors (Lipinski definition) is 1. The molecule has 2 heterocycles. The normalized spacial score (nSPS) is 20.6. The maximum atomic E-state index is 12.8. The van der Waals surface area contributed by atoms with Crippen LogP contribution in [-0.4, -0.2) is 35.4 Å². The minimum atomic E-state index is -3.55. The highest BCUT2D eigenvalue weighted by Gasteiger charge is 2.33. The van der Waals surface area contributed by atoms with E-state index < -0.39 is 10.0 Å². The molecule has 20 heavy (non-hydrogen) atoms. The molecule has 106 valence electrons. The Hall–Kier alpha value is -1.66. The van der Waals surface area contributed by atoms with Gasteiger partial charge in [-0.25, -0.2) is 8.42 Å². The highest BCUT2D eigenvalue weighted by molar-refractivity contribution is 7.89. The highest BCUT2D eigenvalue weighted by atomic mass is 32.2. The Kier molecular flexibility index (Phi) is 3.14. The van der Waals surface area contributed by atoms with Gasteiger partial charge in [-0.3, -0.25) is 4.98 Å². The maximum Gasteiger partial charge on any atom is 0.243 e. The minimum absolute atomic E-state index is 0.00554. The zero-order valence-electron chi connectivity index (χ0n) is 11.2. The van der Waals surface area contributed by atoms with Crippen molar-refractivity contribution >= 4 is 20.9 Å². The molecule has 0 amide bonds. The first kappa shape index (κ1) is 13.3. The third-order valence-corrected chi connectivity index (χ3v) is 5.86. The van der Waals surface area contributed by atoms with Gasteiger partial charge in [-0.15, -0.1) is 0 Å². The van der Waals surface area contributed by atoms with Crippen LogP contribution in [0.1, 0.15) is 19.8 Å². The summed E-state index contributed by atoms with van der Waals surface area (Å²) in [6.07, 6.45) is 3.30. The molecule has 1 aliphatic rings. The van der Waals surface area contributed by atoms with Gasteiger partial charge in [0, 0.05) is 24.2 Å². The predicted octanol–water partition coefficient (Wildman–Crippen LogP) is 2.11. The average Bonchev–Trinajstić information content (AvgIpc) is 2.86. The topological polar surface area (TPSA) is 70.5 Å². The van der Waals surface area contributed by atoms with E-state index in [9.17, 15) is 13.5 Å². The summed E-state index contributed by atoms with van der Waals surface area (Å²) in [6, 6.07) is 6.22. The molecule has 6 heteroatoms. The van der Waals surface area contributed by atoms with Crippen molar-refractivity contribution < 1.29 is 13.5 Å². The van der Waals surface area contributed by atoms with Crippen molar-refractivity contribution in [1.29, 1.82) is 0 Å². The van der Waals surface area contributed by atoms with Crippen molar-refractivity contribution in [3.05, 3.63) is 30.5 Å². The summed E-state index contributed by atoms with van der Waals surface area (Å²) < 4.78 is 27.1. The average molecular weight is 292 g/mol. The van der Waals surface area contributed by atoms with E-state index in [4.69, 9.17) is 0 Å².